The molecule has 4 aliphatic heterocycles. The molecule has 8 heteroatoms. The van der Waals surface area contributed by atoms with Gasteiger partial charge in [-0.1, -0.05) is 80.8 Å². The zero-order valence-electron chi connectivity index (χ0n) is 31.3. The lowest BCUT2D eigenvalue weighted by molar-refractivity contribution is 0.00497. The maximum Gasteiger partial charge on any atom is 0.168 e. The molecule has 5 heterocycles. The van der Waals surface area contributed by atoms with E-state index in [-0.39, 0.29) is 36.0 Å². The molecule has 4 aromatic rings. The van der Waals surface area contributed by atoms with Crippen LogP contribution in [-0.4, -0.2) is 53.0 Å². The van der Waals surface area contributed by atoms with Crippen molar-refractivity contribution in [2.75, 3.05) is 19.8 Å². The minimum Gasteiger partial charge on any atom is -0.504 e. The van der Waals surface area contributed by atoms with Gasteiger partial charge in [0.1, 0.15) is 12.4 Å². The summed E-state index contributed by atoms with van der Waals surface area (Å²) in [6.45, 7) is 4.35. The van der Waals surface area contributed by atoms with E-state index < -0.39 is 6.10 Å². The molecule has 1 saturated heterocycles. The fraction of sp³-hybridized carbons (Fsp3) is 0.435. The molecule has 6 atom stereocenters. The smallest absolute Gasteiger partial charge is 0.168 e. The molecule has 6 aliphatic rings. The quantitative estimate of drug-likeness (QED) is 0.156. The van der Waals surface area contributed by atoms with Crippen LogP contribution in [0.2, 0.25) is 0 Å². The van der Waals surface area contributed by atoms with E-state index >= 15 is 0 Å². The number of fused-ring (bicyclic) bond motifs is 8. The van der Waals surface area contributed by atoms with E-state index in [9.17, 15) is 10.2 Å². The number of hydrogen-bond acceptors (Lipinski definition) is 7. The van der Waals surface area contributed by atoms with Gasteiger partial charge in [0, 0.05) is 58.7 Å². The van der Waals surface area contributed by atoms with Crippen LogP contribution in [0, 0.1) is 11.8 Å². The second kappa shape index (κ2) is 14.7. The van der Waals surface area contributed by atoms with Gasteiger partial charge >= 0.3 is 0 Å². The molecule has 54 heavy (non-hydrogen) atoms. The Labute approximate surface area is 318 Å². The first-order valence-electron chi connectivity index (χ1n) is 20.1. The van der Waals surface area contributed by atoms with Gasteiger partial charge in [0.15, 0.2) is 11.5 Å². The van der Waals surface area contributed by atoms with Crippen molar-refractivity contribution in [1.29, 1.82) is 0 Å². The molecule has 282 valence electrons. The second-order valence-electron chi connectivity index (χ2n) is 16.1. The number of benzene rings is 3. The highest BCUT2D eigenvalue weighted by atomic mass is 16.5. The number of phenols is 1. The molecule has 0 spiro atoms. The number of aliphatic hydroxyl groups excluding tert-OH is 1. The molecule has 2 aliphatic carbocycles. The fourth-order valence-electron chi connectivity index (χ4n) is 9.96. The molecule has 0 saturated carbocycles. The summed E-state index contributed by atoms with van der Waals surface area (Å²) in [5.74, 6) is 1.79. The van der Waals surface area contributed by atoms with Crippen LogP contribution < -0.4 is 15.8 Å². The third-order valence-corrected chi connectivity index (χ3v) is 12.9. The number of aromatic hydroxyl groups is 1. The summed E-state index contributed by atoms with van der Waals surface area (Å²) in [7, 11) is 0. The number of hydrogen-bond donors (Lipinski definition) is 4. The van der Waals surface area contributed by atoms with Crippen LogP contribution >= 0.6 is 0 Å². The van der Waals surface area contributed by atoms with Gasteiger partial charge in [-0.05, 0) is 84.0 Å². The molecule has 10 rings (SSSR count). The summed E-state index contributed by atoms with van der Waals surface area (Å²) in [5.41, 5.74) is 14.5. The SMILES string of the molecule is CCCCCC1CC(O)C2C=Cc3c(ccc(O)c3OCc3cc(C45CCOCC4CCc4ccccc45)cc4cn(cc34)C3=C(C=CC(N)N3)CO1)C2. The molecule has 1 fully saturated rings. The number of phenolic OH excluding ortho intramolecular Hbond substituents is 1. The normalized spacial score (nSPS) is 27.8. The van der Waals surface area contributed by atoms with Gasteiger partial charge in [-0.2, -0.15) is 0 Å². The highest BCUT2D eigenvalue weighted by Crippen LogP contribution is 2.52. The van der Waals surface area contributed by atoms with Crippen LogP contribution in [-0.2, 0) is 34.3 Å². The number of aliphatic hydroxyl groups is 1. The lowest BCUT2D eigenvalue weighted by atomic mass is 9.57. The number of unbranched alkanes of at least 4 members (excludes halogenated alkanes) is 2. The van der Waals surface area contributed by atoms with E-state index in [1.165, 1.54) is 16.7 Å². The molecule has 3 aromatic carbocycles. The van der Waals surface area contributed by atoms with Crippen molar-refractivity contribution in [2.24, 2.45) is 17.6 Å². The second-order valence-corrected chi connectivity index (χ2v) is 16.1. The predicted molar refractivity (Wildman–Crippen MR) is 213 cm³/mol. The Bertz CT molecular complexity index is 2130. The predicted octanol–water partition coefficient (Wildman–Crippen LogP) is 7.72. The fourth-order valence-corrected chi connectivity index (χ4v) is 9.96. The van der Waals surface area contributed by atoms with E-state index in [2.05, 4.69) is 77.8 Å². The number of aromatic nitrogens is 1. The molecule has 6 unspecified atom stereocenters. The van der Waals surface area contributed by atoms with Crippen molar-refractivity contribution >= 4 is 22.7 Å². The van der Waals surface area contributed by atoms with Crippen molar-refractivity contribution in [3.05, 3.63) is 118 Å². The highest BCUT2D eigenvalue weighted by molar-refractivity contribution is 5.88. The van der Waals surface area contributed by atoms with E-state index in [0.717, 1.165) is 90.4 Å². The third kappa shape index (κ3) is 6.37. The number of nitrogens with one attached hydrogen (secondary N) is 1. The number of dihydropyridines is 1. The Kier molecular flexibility index (Phi) is 9.64. The Balaban J connectivity index is 1.21. The topological polar surface area (TPSA) is 111 Å². The molecule has 6 bridgehead atoms. The Morgan fingerprint density at radius 1 is 1.00 bits per heavy atom. The van der Waals surface area contributed by atoms with Gasteiger partial charge in [0.05, 0.1) is 31.6 Å². The molecule has 5 N–H and O–H groups in total. The van der Waals surface area contributed by atoms with Gasteiger partial charge in [0.25, 0.3) is 0 Å². The molecule has 0 amide bonds. The molecule has 0 radical (unpaired) electrons. The van der Waals surface area contributed by atoms with Crippen LogP contribution in [0.15, 0.2) is 84.7 Å². The summed E-state index contributed by atoms with van der Waals surface area (Å²) in [6, 6.07) is 17.4. The largest absolute Gasteiger partial charge is 0.504 e. The van der Waals surface area contributed by atoms with E-state index in [4.69, 9.17) is 19.9 Å². The minimum atomic E-state index is -0.569. The summed E-state index contributed by atoms with van der Waals surface area (Å²) in [6.07, 6.45) is 20.0. The van der Waals surface area contributed by atoms with Gasteiger partial charge in [-0.25, -0.2) is 0 Å². The van der Waals surface area contributed by atoms with Crippen molar-refractivity contribution in [3.8, 4) is 11.5 Å². The monoisotopic (exact) mass is 727 g/mol. The van der Waals surface area contributed by atoms with Gasteiger partial charge < -0.3 is 40.0 Å². The Morgan fingerprint density at radius 2 is 1.91 bits per heavy atom. The maximum atomic E-state index is 11.6. The molecule has 8 nitrogen and oxygen atoms in total. The Hall–Kier alpha value is -4.34. The number of aryl methyl sites for hydroxylation is 1. The number of rotatable bonds is 5. The first kappa shape index (κ1) is 35.4. The summed E-state index contributed by atoms with van der Waals surface area (Å²) in [4.78, 5) is 0. The van der Waals surface area contributed by atoms with Crippen LogP contribution in [0.25, 0.3) is 22.7 Å². The van der Waals surface area contributed by atoms with Gasteiger partial charge in [-0.3, -0.25) is 0 Å². The molecular formula is C46H53N3O5. The minimum absolute atomic E-state index is 0.0623. The average molecular weight is 728 g/mol. The lowest BCUT2D eigenvalue weighted by Gasteiger charge is -2.49. The van der Waals surface area contributed by atoms with Crippen LogP contribution in [0.4, 0.5) is 0 Å². The molecular weight excluding hydrogens is 675 g/mol. The van der Waals surface area contributed by atoms with Gasteiger partial charge in [-0.15, -0.1) is 0 Å². The zero-order chi connectivity index (χ0) is 36.8. The third-order valence-electron chi connectivity index (χ3n) is 12.9. The summed E-state index contributed by atoms with van der Waals surface area (Å²) < 4.78 is 21.8. The van der Waals surface area contributed by atoms with Crippen molar-refractivity contribution in [3.63, 3.8) is 0 Å². The average Bonchev–Trinajstić information content (AvgIpc) is 3.63. The first-order valence-corrected chi connectivity index (χ1v) is 20.1. The van der Waals surface area contributed by atoms with Crippen molar-refractivity contribution in [2.45, 2.75) is 95.1 Å². The maximum absolute atomic E-state index is 11.6. The first-order chi connectivity index (χ1) is 26.4. The van der Waals surface area contributed by atoms with E-state index in [1.54, 1.807) is 6.07 Å². The standard InChI is InChI=1S/C46H53N3O5/c1-2-3-4-8-37-23-42(51)31-11-15-38-30(20-31)12-16-41(50)44(38)54-27-34-22-36(46-18-19-52-28-35(46)14-10-29-7-5-6-9-40(29)46)21-33-24-49(25-39(33)34)45-32(26-53-37)13-17-43(47)48-45/h5-7,9,11-13,15-17,21-22,24-25,31,35,37,42-43,48,50-51H,2-4,8,10,14,18-20,23,26-28,47H2,1H3. The summed E-state index contributed by atoms with van der Waals surface area (Å²) in [5, 5.41) is 28.6. The Morgan fingerprint density at radius 3 is 2.81 bits per heavy atom. The number of nitrogens with zero attached hydrogens (tertiary/aromatic N) is 1. The van der Waals surface area contributed by atoms with Crippen LogP contribution in [0.3, 0.4) is 0 Å². The summed E-state index contributed by atoms with van der Waals surface area (Å²) >= 11 is 0. The molecule has 1 aromatic heterocycles. The van der Waals surface area contributed by atoms with Gasteiger partial charge in [0.2, 0.25) is 0 Å². The number of nitrogens with two attached hydrogens (primary N) is 1. The van der Waals surface area contributed by atoms with Crippen LogP contribution in [0.5, 0.6) is 11.5 Å². The van der Waals surface area contributed by atoms with Crippen LogP contribution in [0.1, 0.15) is 85.3 Å². The van der Waals surface area contributed by atoms with Crippen molar-refractivity contribution < 1.29 is 24.4 Å². The van der Waals surface area contributed by atoms with E-state index in [0.29, 0.717) is 37.7 Å². The highest BCUT2D eigenvalue weighted by Gasteiger charge is 2.47. The van der Waals surface area contributed by atoms with E-state index in [1.807, 2.05) is 18.2 Å². The lowest BCUT2D eigenvalue weighted by Crippen LogP contribution is -2.47. The van der Waals surface area contributed by atoms with Crippen molar-refractivity contribution in [1.82, 2.24) is 9.88 Å². The zero-order valence-corrected chi connectivity index (χ0v) is 31.3. The number of ether oxygens (including phenoxy) is 3.